The number of benzene rings is 2. The predicted molar refractivity (Wildman–Crippen MR) is 67.8 cm³/mol. The van der Waals surface area contributed by atoms with Crippen molar-refractivity contribution in [2.24, 2.45) is 0 Å². The predicted octanol–water partition coefficient (Wildman–Crippen LogP) is 3.61. The quantitative estimate of drug-likeness (QED) is 0.877. The van der Waals surface area contributed by atoms with Gasteiger partial charge in [0.25, 0.3) is 0 Å². The summed E-state index contributed by atoms with van der Waals surface area (Å²) in [4.78, 5) is 0. The maximum Gasteiger partial charge on any atom is 0.0615 e. The van der Waals surface area contributed by atoms with Gasteiger partial charge in [-0.3, -0.25) is 0 Å². The van der Waals surface area contributed by atoms with E-state index in [1.807, 2.05) is 18.2 Å². The Labute approximate surface area is 97.2 Å². The first-order valence-electron chi connectivity index (χ1n) is 4.76. The second kappa shape index (κ2) is 4.60. The van der Waals surface area contributed by atoms with E-state index < -0.39 is 0 Å². The van der Waals surface area contributed by atoms with Crippen LogP contribution >= 0.6 is 15.9 Å². The van der Waals surface area contributed by atoms with E-state index in [0.29, 0.717) is 0 Å². The molecule has 0 aliphatic heterocycles. The molecule has 0 radical (unpaired) electrons. The Morgan fingerprint density at radius 3 is 2.60 bits per heavy atom. The Morgan fingerprint density at radius 2 is 1.80 bits per heavy atom. The van der Waals surface area contributed by atoms with Crippen molar-refractivity contribution in [1.29, 1.82) is 0 Å². The van der Waals surface area contributed by atoms with Crippen molar-refractivity contribution in [3.8, 4) is 0 Å². The number of hydrogen-bond donors (Lipinski definition) is 1. The van der Waals surface area contributed by atoms with E-state index in [9.17, 15) is 0 Å². The zero-order valence-corrected chi connectivity index (χ0v) is 9.74. The van der Waals surface area contributed by atoms with E-state index >= 15 is 0 Å². The molecule has 0 saturated carbocycles. The molecule has 0 aliphatic carbocycles. The molecule has 2 heteroatoms. The molecule has 1 nitrogen and oxygen atoms in total. The van der Waals surface area contributed by atoms with Crippen molar-refractivity contribution in [2.45, 2.75) is 0 Å². The number of aliphatic hydroxyl groups is 1. The highest BCUT2D eigenvalue weighted by Gasteiger charge is 1.95. The van der Waals surface area contributed by atoms with E-state index in [0.717, 1.165) is 10.0 Å². The smallest absolute Gasteiger partial charge is 0.0615 e. The summed E-state index contributed by atoms with van der Waals surface area (Å²) in [7, 11) is 0. The van der Waals surface area contributed by atoms with Crippen molar-refractivity contribution in [3.63, 3.8) is 0 Å². The molecule has 0 bridgehead atoms. The minimum atomic E-state index is 0.0817. The van der Waals surface area contributed by atoms with Crippen molar-refractivity contribution < 1.29 is 5.11 Å². The lowest BCUT2D eigenvalue weighted by molar-refractivity contribution is 0.343. The average Bonchev–Trinajstić information content (AvgIpc) is 2.26. The monoisotopic (exact) mass is 262 g/mol. The normalized spacial score (nSPS) is 11.3. The molecular formula is C13H11BrO. The highest BCUT2D eigenvalue weighted by Crippen LogP contribution is 2.21. The van der Waals surface area contributed by atoms with Crippen LogP contribution < -0.4 is 0 Å². The Bertz CT molecular complexity index is 503. The Hall–Kier alpha value is -1.12. The van der Waals surface area contributed by atoms with Crippen LogP contribution in [0.2, 0.25) is 0 Å². The Morgan fingerprint density at radius 1 is 1.07 bits per heavy atom. The number of halogens is 1. The molecule has 0 heterocycles. The number of fused-ring (bicyclic) bond motifs is 1. The summed E-state index contributed by atoms with van der Waals surface area (Å²) in [5, 5.41) is 11.1. The first kappa shape index (κ1) is 10.4. The summed E-state index contributed by atoms with van der Waals surface area (Å²) in [6, 6.07) is 12.4. The molecule has 2 rings (SSSR count). The van der Waals surface area contributed by atoms with Gasteiger partial charge in [0.15, 0.2) is 0 Å². The summed E-state index contributed by atoms with van der Waals surface area (Å²) < 4.78 is 1.09. The van der Waals surface area contributed by atoms with E-state index in [4.69, 9.17) is 5.11 Å². The number of hydrogen-bond acceptors (Lipinski definition) is 1. The average molecular weight is 263 g/mol. The summed E-state index contributed by atoms with van der Waals surface area (Å²) >= 11 is 3.45. The third-order valence-electron chi connectivity index (χ3n) is 2.24. The van der Waals surface area contributed by atoms with Gasteiger partial charge in [0.05, 0.1) is 6.61 Å². The molecule has 2 aromatic rings. The molecular weight excluding hydrogens is 252 g/mol. The van der Waals surface area contributed by atoms with Crippen LogP contribution in [0.25, 0.3) is 16.8 Å². The van der Waals surface area contributed by atoms with Gasteiger partial charge >= 0.3 is 0 Å². The first-order chi connectivity index (χ1) is 7.29. The highest BCUT2D eigenvalue weighted by molar-refractivity contribution is 9.10. The van der Waals surface area contributed by atoms with Gasteiger partial charge in [-0.25, -0.2) is 0 Å². The zero-order chi connectivity index (χ0) is 10.7. The lowest BCUT2D eigenvalue weighted by Crippen LogP contribution is -1.77. The molecule has 0 saturated heterocycles. The van der Waals surface area contributed by atoms with Gasteiger partial charge in [-0.2, -0.15) is 0 Å². The minimum Gasteiger partial charge on any atom is -0.392 e. The van der Waals surface area contributed by atoms with E-state index in [2.05, 4.69) is 40.2 Å². The number of rotatable bonds is 2. The van der Waals surface area contributed by atoms with Crippen LogP contribution in [-0.4, -0.2) is 11.7 Å². The second-order valence-corrected chi connectivity index (χ2v) is 4.25. The van der Waals surface area contributed by atoms with Gasteiger partial charge in [0, 0.05) is 4.47 Å². The number of aliphatic hydroxyl groups excluding tert-OH is 1. The van der Waals surface area contributed by atoms with E-state index in [1.165, 1.54) is 10.8 Å². The van der Waals surface area contributed by atoms with Gasteiger partial charge in [0.1, 0.15) is 0 Å². The molecule has 1 N–H and O–H groups in total. The van der Waals surface area contributed by atoms with Crippen LogP contribution in [0.3, 0.4) is 0 Å². The van der Waals surface area contributed by atoms with Crippen LogP contribution in [0.15, 0.2) is 46.9 Å². The van der Waals surface area contributed by atoms with Gasteiger partial charge < -0.3 is 5.11 Å². The third-order valence-corrected chi connectivity index (χ3v) is 2.74. The Kier molecular flexibility index (Phi) is 3.19. The topological polar surface area (TPSA) is 20.2 Å². The molecule has 0 fully saturated rings. The van der Waals surface area contributed by atoms with Crippen LogP contribution in [0.4, 0.5) is 0 Å². The maximum absolute atomic E-state index is 8.68. The van der Waals surface area contributed by atoms with Gasteiger partial charge in [0.2, 0.25) is 0 Å². The lowest BCUT2D eigenvalue weighted by atomic mass is 10.1. The molecule has 0 aliphatic rings. The fourth-order valence-electron chi connectivity index (χ4n) is 1.53. The first-order valence-corrected chi connectivity index (χ1v) is 5.55. The van der Waals surface area contributed by atoms with Crippen LogP contribution in [0, 0.1) is 0 Å². The van der Waals surface area contributed by atoms with E-state index in [1.54, 1.807) is 6.08 Å². The summed E-state index contributed by atoms with van der Waals surface area (Å²) in [5.41, 5.74) is 1.11. The summed E-state index contributed by atoms with van der Waals surface area (Å²) in [5.74, 6) is 0. The molecule has 15 heavy (non-hydrogen) atoms. The fraction of sp³-hybridized carbons (Fsp3) is 0.0769. The van der Waals surface area contributed by atoms with Crippen molar-refractivity contribution in [1.82, 2.24) is 0 Å². The fourth-order valence-corrected chi connectivity index (χ4v) is 1.91. The molecule has 0 aromatic heterocycles. The minimum absolute atomic E-state index is 0.0817. The van der Waals surface area contributed by atoms with Crippen LogP contribution in [0.1, 0.15) is 5.56 Å². The molecule has 76 valence electrons. The van der Waals surface area contributed by atoms with Gasteiger partial charge in [-0.15, -0.1) is 0 Å². The zero-order valence-electron chi connectivity index (χ0n) is 8.15. The highest BCUT2D eigenvalue weighted by atomic mass is 79.9. The molecule has 0 atom stereocenters. The van der Waals surface area contributed by atoms with Crippen LogP contribution in [-0.2, 0) is 0 Å². The molecule has 0 unspecified atom stereocenters. The molecule has 0 amide bonds. The standard InChI is InChI=1S/C13H11BrO/c14-13-6-5-11-8-10(2-1-7-15)3-4-12(11)9-13/h1-6,8-9,15H,7H2/b2-1+. The molecule has 0 spiro atoms. The lowest BCUT2D eigenvalue weighted by Gasteiger charge is -2.00. The summed E-state index contributed by atoms with van der Waals surface area (Å²) in [6.07, 6.45) is 3.65. The maximum atomic E-state index is 8.68. The largest absolute Gasteiger partial charge is 0.392 e. The Balaban J connectivity index is 2.47. The van der Waals surface area contributed by atoms with Gasteiger partial charge in [-0.05, 0) is 34.5 Å². The second-order valence-electron chi connectivity index (χ2n) is 3.34. The van der Waals surface area contributed by atoms with Gasteiger partial charge in [-0.1, -0.05) is 46.3 Å². The van der Waals surface area contributed by atoms with Crippen LogP contribution in [0.5, 0.6) is 0 Å². The molecule has 2 aromatic carbocycles. The van der Waals surface area contributed by atoms with E-state index in [-0.39, 0.29) is 6.61 Å². The summed E-state index contributed by atoms with van der Waals surface area (Å²) in [6.45, 7) is 0.0817. The van der Waals surface area contributed by atoms with Crippen molar-refractivity contribution >= 4 is 32.8 Å². The third kappa shape index (κ3) is 2.46. The SMILES string of the molecule is OC/C=C/c1ccc2cc(Br)ccc2c1. The van der Waals surface area contributed by atoms with Crippen molar-refractivity contribution in [2.75, 3.05) is 6.61 Å². The van der Waals surface area contributed by atoms with Crippen molar-refractivity contribution in [3.05, 3.63) is 52.5 Å².